The number of nitrogens with two attached hydrogens (primary N) is 2. The van der Waals surface area contributed by atoms with Crippen LogP contribution in [0.5, 0.6) is 0 Å². The number of fused-ring (bicyclic) bond motifs is 1. The fourth-order valence-corrected chi connectivity index (χ4v) is 2.20. The second-order valence-corrected chi connectivity index (χ2v) is 4.91. The molecule has 4 nitrogen and oxygen atoms in total. The first-order chi connectivity index (χ1) is 9.72. The predicted molar refractivity (Wildman–Crippen MR) is 83.5 cm³/mol. The molecular weight excluding hydrogens is 250 g/mol. The van der Waals surface area contributed by atoms with Gasteiger partial charge in [-0.2, -0.15) is 0 Å². The monoisotopic (exact) mass is 271 g/mol. The van der Waals surface area contributed by atoms with Gasteiger partial charge in [0.05, 0.1) is 6.04 Å². The van der Waals surface area contributed by atoms with Crippen LogP contribution in [0.4, 0.5) is 5.69 Å². The minimum absolute atomic E-state index is 0.140. The van der Waals surface area contributed by atoms with Gasteiger partial charge in [-0.1, -0.05) is 42.8 Å². The molecule has 2 aromatic carbocycles. The maximum absolute atomic E-state index is 12.1. The zero-order valence-corrected chi connectivity index (χ0v) is 11.5. The standard InChI is InChI=1S/C16H21N3O/c17-11-4-3-9-14(18)16(20)19-15-10-5-7-12-6-1-2-8-13(12)15/h1-2,5-8,10,14H,3-4,9,11,17-18H2,(H,19,20)/t14-/m0/s1. The van der Waals surface area contributed by atoms with E-state index in [1.165, 1.54) is 0 Å². The lowest BCUT2D eigenvalue weighted by molar-refractivity contribution is -0.117. The van der Waals surface area contributed by atoms with E-state index in [0.29, 0.717) is 13.0 Å². The molecule has 2 aromatic rings. The Hall–Kier alpha value is -1.91. The van der Waals surface area contributed by atoms with Gasteiger partial charge >= 0.3 is 0 Å². The predicted octanol–water partition coefficient (Wildman–Crippen LogP) is 2.23. The first kappa shape index (κ1) is 14.5. The highest BCUT2D eigenvalue weighted by Crippen LogP contribution is 2.23. The molecule has 0 unspecified atom stereocenters. The number of carbonyl (C=O) groups excluding carboxylic acids is 1. The fourth-order valence-electron chi connectivity index (χ4n) is 2.20. The van der Waals surface area contributed by atoms with Crippen LogP contribution in [-0.2, 0) is 4.79 Å². The second kappa shape index (κ2) is 7.03. The molecular formula is C16H21N3O. The number of hydrogen-bond acceptors (Lipinski definition) is 3. The van der Waals surface area contributed by atoms with E-state index in [1.54, 1.807) is 0 Å². The molecule has 0 saturated heterocycles. The van der Waals surface area contributed by atoms with Crippen LogP contribution in [0.15, 0.2) is 42.5 Å². The second-order valence-electron chi connectivity index (χ2n) is 4.91. The topological polar surface area (TPSA) is 81.1 Å². The van der Waals surface area contributed by atoms with Crippen molar-refractivity contribution in [1.82, 2.24) is 0 Å². The summed E-state index contributed by atoms with van der Waals surface area (Å²) in [6.45, 7) is 0.637. The van der Waals surface area contributed by atoms with E-state index in [-0.39, 0.29) is 5.91 Å². The molecule has 106 valence electrons. The highest BCUT2D eigenvalue weighted by atomic mass is 16.2. The van der Waals surface area contributed by atoms with Crippen LogP contribution >= 0.6 is 0 Å². The molecule has 0 aliphatic carbocycles. The molecule has 5 N–H and O–H groups in total. The van der Waals surface area contributed by atoms with E-state index < -0.39 is 6.04 Å². The van der Waals surface area contributed by atoms with Crippen LogP contribution in [-0.4, -0.2) is 18.5 Å². The summed E-state index contributed by atoms with van der Waals surface area (Å²) >= 11 is 0. The highest BCUT2D eigenvalue weighted by Gasteiger charge is 2.13. The minimum atomic E-state index is -0.486. The summed E-state index contributed by atoms with van der Waals surface area (Å²) in [7, 11) is 0. The third-order valence-electron chi connectivity index (χ3n) is 3.35. The zero-order valence-electron chi connectivity index (χ0n) is 11.5. The molecule has 0 aromatic heterocycles. The average molecular weight is 271 g/mol. The highest BCUT2D eigenvalue weighted by molar-refractivity contribution is 6.03. The summed E-state index contributed by atoms with van der Waals surface area (Å²) in [6, 6.07) is 13.3. The van der Waals surface area contributed by atoms with E-state index in [9.17, 15) is 4.79 Å². The van der Waals surface area contributed by atoms with E-state index in [2.05, 4.69) is 5.32 Å². The van der Waals surface area contributed by atoms with Crippen LogP contribution in [0, 0.1) is 0 Å². The number of nitrogens with one attached hydrogen (secondary N) is 1. The molecule has 4 heteroatoms. The summed E-state index contributed by atoms with van der Waals surface area (Å²) in [6.07, 6.45) is 2.43. The Balaban J connectivity index is 2.06. The number of anilines is 1. The van der Waals surface area contributed by atoms with Crippen LogP contribution in [0.1, 0.15) is 19.3 Å². The Bertz CT molecular complexity index is 577. The van der Waals surface area contributed by atoms with Crippen molar-refractivity contribution in [2.75, 3.05) is 11.9 Å². The molecule has 1 amide bonds. The number of unbranched alkanes of at least 4 members (excludes halogenated alkanes) is 1. The van der Waals surface area contributed by atoms with Crippen molar-refractivity contribution in [3.05, 3.63) is 42.5 Å². The lowest BCUT2D eigenvalue weighted by Gasteiger charge is -2.13. The van der Waals surface area contributed by atoms with Gasteiger partial charge in [0.15, 0.2) is 0 Å². The summed E-state index contributed by atoms with van der Waals surface area (Å²) in [5.41, 5.74) is 12.1. The minimum Gasteiger partial charge on any atom is -0.330 e. The maximum Gasteiger partial charge on any atom is 0.241 e. The summed E-state index contributed by atoms with van der Waals surface area (Å²) < 4.78 is 0. The Morgan fingerprint density at radius 2 is 1.85 bits per heavy atom. The largest absolute Gasteiger partial charge is 0.330 e. The van der Waals surface area contributed by atoms with Gasteiger partial charge in [-0.15, -0.1) is 0 Å². The number of hydrogen-bond donors (Lipinski definition) is 3. The van der Waals surface area contributed by atoms with Gasteiger partial charge in [-0.05, 0) is 30.8 Å². The van der Waals surface area contributed by atoms with Crippen LogP contribution in [0.3, 0.4) is 0 Å². The summed E-state index contributed by atoms with van der Waals surface area (Å²) in [5, 5.41) is 5.04. The lowest BCUT2D eigenvalue weighted by atomic mass is 10.1. The summed E-state index contributed by atoms with van der Waals surface area (Å²) in [5.74, 6) is -0.140. The fraction of sp³-hybridized carbons (Fsp3) is 0.312. The van der Waals surface area contributed by atoms with Crippen molar-refractivity contribution >= 4 is 22.4 Å². The van der Waals surface area contributed by atoms with Gasteiger partial charge in [0.1, 0.15) is 0 Å². The number of carbonyl (C=O) groups is 1. The van der Waals surface area contributed by atoms with Crippen molar-refractivity contribution in [3.63, 3.8) is 0 Å². The molecule has 0 aliphatic rings. The van der Waals surface area contributed by atoms with E-state index in [0.717, 1.165) is 29.3 Å². The molecule has 0 spiro atoms. The molecule has 0 heterocycles. The molecule has 0 aliphatic heterocycles. The van der Waals surface area contributed by atoms with Crippen LogP contribution in [0.25, 0.3) is 10.8 Å². The molecule has 0 radical (unpaired) electrons. The molecule has 1 atom stereocenters. The van der Waals surface area contributed by atoms with Crippen LogP contribution in [0.2, 0.25) is 0 Å². The summed E-state index contributed by atoms with van der Waals surface area (Å²) in [4.78, 5) is 12.1. The van der Waals surface area contributed by atoms with Gasteiger partial charge in [0.2, 0.25) is 5.91 Å². The van der Waals surface area contributed by atoms with Gasteiger partial charge < -0.3 is 16.8 Å². The molecule has 0 bridgehead atoms. The number of rotatable bonds is 6. The Morgan fingerprint density at radius 1 is 1.10 bits per heavy atom. The van der Waals surface area contributed by atoms with Gasteiger partial charge in [0, 0.05) is 11.1 Å². The van der Waals surface area contributed by atoms with Crippen molar-refractivity contribution in [2.45, 2.75) is 25.3 Å². The first-order valence-corrected chi connectivity index (χ1v) is 6.96. The number of benzene rings is 2. The third kappa shape index (κ3) is 3.56. The third-order valence-corrected chi connectivity index (χ3v) is 3.35. The molecule has 0 saturated carbocycles. The number of amides is 1. The Kier molecular flexibility index (Phi) is 5.09. The quantitative estimate of drug-likeness (QED) is 0.705. The lowest BCUT2D eigenvalue weighted by Crippen LogP contribution is -2.35. The average Bonchev–Trinajstić information content (AvgIpc) is 2.47. The molecule has 0 fully saturated rings. The van der Waals surface area contributed by atoms with Gasteiger partial charge in [-0.25, -0.2) is 0 Å². The van der Waals surface area contributed by atoms with Crippen molar-refractivity contribution < 1.29 is 4.79 Å². The smallest absolute Gasteiger partial charge is 0.241 e. The van der Waals surface area contributed by atoms with E-state index in [1.807, 2.05) is 42.5 Å². The van der Waals surface area contributed by atoms with E-state index in [4.69, 9.17) is 11.5 Å². The first-order valence-electron chi connectivity index (χ1n) is 6.96. The normalized spacial score (nSPS) is 12.3. The Labute approximate surface area is 119 Å². The van der Waals surface area contributed by atoms with Crippen molar-refractivity contribution in [1.29, 1.82) is 0 Å². The van der Waals surface area contributed by atoms with Crippen LogP contribution < -0.4 is 16.8 Å². The van der Waals surface area contributed by atoms with Gasteiger partial charge in [-0.3, -0.25) is 4.79 Å². The van der Waals surface area contributed by atoms with Crippen molar-refractivity contribution in [2.24, 2.45) is 11.5 Å². The van der Waals surface area contributed by atoms with Gasteiger partial charge in [0.25, 0.3) is 0 Å². The molecule has 20 heavy (non-hydrogen) atoms. The zero-order chi connectivity index (χ0) is 14.4. The Morgan fingerprint density at radius 3 is 2.65 bits per heavy atom. The maximum atomic E-state index is 12.1. The molecule has 2 rings (SSSR count). The SMILES string of the molecule is NCCCC[C@H](N)C(=O)Nc1cccc2ccccc12. The van der Waals surface area contributed by atoms with E-state index >= 15 is 0 Å². The van der Waals surface area contributed by atoms with Crippen molar-refractivity contribution in [3.8, 4) is 0 Å².